The smallest absolute Gasteiger partial charge is 0.254 e. The van der Waals surface area contributed by atoms with Gasteiger partial charge in [-0.3, -0.25) is 14.5 Å². The third-order valence-corrected chi connectivity index (χ3v) is 8.07. The highest BCUT2D eigenvalue weighted by Gasteiger charge is 2.34. The molecule has 5 rings (SSSR count). The van der Waals surface area contributed by atoms with Crippen molar-refractivity contribution in [3.8, 4) is 5.75 Å². The molecule has 3 aromatic rings. The zero-order valence-electron chi connectivity index (χ0n) is 20.2. The van der Waals surface area contributed by atoms with Crippen LogP contribution in [0.1, 0.15) is 39.3 Å². The lowest BCUT2D eigenvalue weighted by Crippen LogP contribution is -2.57. The second-order valence-electron chi connectivity index (χ2n) is 9.25. The van der Waals surface area contributed by atoms with E-state index in [2.05, 4.69) is 40.6 Å². The maximum Gasteiger partial charge on any atom is 0.254 e. The van der Waals surface area contributed by atoms with Crippen molar-refractivity contribution in [2.24, 2.45) is 0 Å². The van der Waals surface area contributed by atoms with Crippen LogP contribution in [0, 0.1) is 0 Å². The summed E-state index contributed by atoms with van der Waals surface area (Å²) in [6.45, 7) is 4.88. The second-order valence-corrected chi connectivity index (χ2v) is 10.3. The van der Waals surface area contributed by atoms with E-state index in [-0.39, 0.29) is 23.9 Å². The van der Waals surface area contributed by atoms with Crippen molar-refractivity contribution < 1.29 is 14.3 Å². The Kier molecular flexibility index (Phi) is 6.88. The number of nitrogens with zero attached hydrogens (tertiary/aromatic N) is 3. The molecule has 0 bridgehead atoms. The monoisotopic (exact) mass is 489 g/mol. The van der Waals surface area contributed by atoms with Gasteiger partial charge in [-0.05, 0) is 54.1 Å². The van der Waals surface area contributed by atoms with E-state index in [0.717, 1.165) is 13.0 Å². The van der Waals surface area contributed by atoms with E-state index in [1.807, 2.05) is 52.3 Å². The standard InChI is InChI=1S/C28H31N3O3S/c1-20-18-29(14-15-31(20)28(33)22-9-6-10-23(17-22)34-2)26(32)19-30-13-11-25-24(12-16-35-25)27(30)21-7-4-3-5-8-21/h3-10,12,16-17,20,27H,11,13-15,18-19H2,1-2H3/t20-,27+/m0/s1. The molecular formula is C28H31N3O3S. The van der Waals surface area contributed by atoms with Crippen LogP contribution < -0.4 is 4.74 Å². The molecule has 0 unspecified atom stereocenters. The van der Waals surface area contributed by atoms with Crippen LogP contribution in [0.4, 0.5) is 0 Å². The van der Waals surface area contributed by atoms with Crippen LogP contribution in [0.2, 0.25) is 0 Å². The third kappa shape index (κ3) is 4.83. The van der Waals surface area contributed by atoms with Gasteiger partial charge in [-0.1, -0.05) is 36.4 Å². The summed E-state index contributed by atoms with van der Waals surface area (Å²) in [7, 11) is 1.60. The molecular weight excluding hydrogens is 458 g/mol. The average Bonchev–Trinajstić information content (AvgIpc) is 3.37. The molecule has 182 valence electrons. The fourth-order valence-corrected chi connectivity index (χ4v) is 6.15. The second kappa shape index (κ2) is 10.2. The maximum atomic E-state index is 13.4. The van der Waals surface area contributed by atoms with Crippen LogP contribution in [0.25, 0.3) is 0 Å². The van der Waals surface area contributed by atoms with Gasteiger partial charge in [0.25, 0.3) is 5.91 Å². The molecule has 1 fully saturated rings. The first kappa shape index (κ1) is 23.6. The van der Waals surface area contributed by atoms with E-state index in [1.54, 1.807) is 13.2 Å². The summed E-state index contributed by atoms with van der Waals surface area (Å²) >= 11 is 1.81. The first-order chi connectivity index (χ1) is 17.0. The molecule has 2 aliphatic rings. The number of methoxy groups -OCH3 is 1. The SMILES string of the molecule is COc1cccc(C(=O)N2CCN(C(=O)CN3CCc4sccc4[C@H]3c3ccccc3)C[C@@H]2C)c1. The number of ether oxygens (including phenoxy) is 1. The molecule has 35 heavy (non-hydrogen) atoms. The quantitative estimate of drug-likeness (QED) is 0.542. The molecule has 1 saturated heterocycles. The van der Waals surface area contributed by atoms with Gasteiger partial charge in [-0.25, -0.2) is 0 Å². The van der Waals surface area contributed by atoms with Crippen molar-refractivity contribution in [3.63, 3.8) is 0 Å². The number of thiophene rings is 1. The fraction of sp³-hybridized carbons (Fsp3) is 0.357. The normalized spacial score (nSPS) is 20.4. The van der Waals surface area contributed by atoms with Crippen LogP contribution in [0.15, 0.2) is 66.0 Å². The largest absolute Gasteiger partial charge is 0.497 e. The lowest BCUT2D eigenvalue weighted by molar-refractivity contribution is -0.135. The van der Waals surface area contributed by atoms with Gasteiger partial charge in [0.2, 0.25) is 5.91 Å². The number of hydrogen-bond donors (Lipinski definition) is 0. The number of amides is 2. The highest BCUT2D eigenvalue weighted by molar-refractivity contribution is 7.10. The maximum absolute atomic E-state index is 13.4. The Balaban J connectivity index is 1.26. The summed E-state index contributed by atoms with van der Waals surface area (Å²) in [5.41, 5.74) is 3.16. The lowest BCUT2D eigenvalue weighted by Gasteiger charge is -2.42. The summed E-state index contributed by atoms with van der Waals surface area (Å²) in [6, 6.07) is 20.0. The van der Waals surface area contributed by atoms with E-state index < -0.39 is 0 Å². The van der Waals surface area contributed by atoms with Crippen LogP contribution in [-0.4, -0.2) is 72.4 Å². The minimum atomic E-state index is -0.0545. The van der Waals surface area contributed by atoms with Crippen LogP contribution in [-0.2, 0) is 11.2 Å². The Labute approximate surface area is 210 Å². The van der Waals surface area contributed by atoms with Gasteiger partial charge < -0.3 is 14.5 Å². The van der Waals surface area contributed by atoms with Gasteiger partial charge in [0.15, 0.2) is 0 Å². The van der Waals surface area contributed by atoms with Crippen molar-refractivity contribution >= 4 is 23.2 Å². The molecule has 0 spiro atoms. The van der Waals surface area contributed by atoms with Gasteiger partial charge in [0, 0.05) is 42.7 Å². The van der Waals surface area contributed by atoms with Crippen molar-refractivity contribution in [2.75, 3.05) is 39.8 Å². The summed E-state index contributed by atoms with van der Waals surface area (Å²) < 4.78 is 5.27. The molecule has 0 saturated carbocycles. The summed E-state index contributed by atoms with van der Waals surface area (Å²) in [4.78, 5) is 34.1. The highest BCUT2D eigenvalue weighted by Crippen LogP contribution is 2.37. The highest BCUT2D eigenvalue weighted by atomic mass is 32.1. The molecule has 3 heterocycles. The van der Waals surface area contributed by atoms with E-state index in [1.165, 1.54) is 16.0 Å². The Morgan fingerprint density at radius 1 is 1.03 bits per heavy atom. The van der Waals surface area contributed by atoms with Gasteiger partial charge in [-0.2, -0.15) is 0 Å². The van der Waals surface area contributed by atoms with Crippen LogP contribution >= 0.6 is 11.3 Å². The topological polar surface area (TPSA) is 53.1 Å². The zero-order chi connectivity index (χ0) is 24.4. The van der Waals surface area contributed by atoms with Crippen molar-refractivity contribution in [2.45, 2.75) is 25.4 Å². The van der Waals surface area contributed by atoms with Gasteiger partial charge in [0.1, 0.15) is 5.75 Å². The Hall–Kier alpha value is -3.16. The molecule has 0 aliphatic carbocycles. The summed E-state index contributed by atoms with van der Waals surface area (Å²) in [5.74, 6) is 0.777. The number of fused-ring (bicyclic) bond motifs is 1. The summed E-state index contributed by atoms with van der Waals surface area (Å²) in [5, 5.41) is 2.16. The number of hydrogen-bond acceptors (Lipinski definition) is 5. The zero-order valence-corrected chi connectivity index (χ0v) is 21.0. The van der Waals surface area contributed by atoms with Crippen molar-refractivity contribution in [3.05, 3.63) is 87.6 Å². The minimum absolute atomic E-state index is 0.0198. The average molecular weight is 490 g/mol. The van der Waals surface area contributed by atoms with Gasteiger partial charge in [0.05, 0.1) is 19.7 Å². The molecule has 2 aromatic carbocycles. The van der Waals surface area contributed by atoms with E-state index in [0.29, 0.717) is 37.5 Å². The first-order valence-electron chi connectivity index (χ1n) is 12.1. The first-order valence-corrected chi connectivity index (χ1v) is 13.0. The van der Waals surface area contributed by atoms with Crippen molar-refractivity contribution in [1.29, 1.82) is 0 Å². The Bertz CT molecular complexity index is 1190. The molecule has 6 nitrogen and oxygen atoms in total. The molecule has 2 atom stereocenters. The number of benzene rings is 2. The van der Waals surface area contributed by atoms with Crippen LogP contribution in [0.5, 0.6) is 5.75 Å². The fourth-order valence-electron chi connectivity index (χ4n) is 5.25. The molecule has 1 aromatic heterocycles. The Morgan fingerprint density at radius 3 is 2.63 bits per heavy atom. The predicted molar refractivity (Wildman–Crippen MR) is 138 cm³/mol. The van der Waals surface area contributed by atoms with Gasteiger partial charge >= 0.3 is 0 Å². The van der Waals surface area contributed by atoms with E-state index in [9.17, 15) is 9.59 Å². The Morgan fingerprint density at radius 2 is 1.86 bits per heavy atom. The number of piperazine rings is 1. The van der Waals surface area contributed by atoms with Crippen LogP contribution in [0.3, 0.4) is 0 Å². The minimum Gasteiger partial charge on any atom is -0.497 e. The molecule has 2 amide bonds. The molecule has 0 N–H and O–H groups in total. The van der Waals surface area contributed by atoms with E-state index in [4.69, 9.17) is 4.74 Å². The molecule has 7 heteroatoms. The number of carbonyl (C=O) groups is 2. The van der Waals surface area contributed by atoms with Crippen molar-refractivity contribution in [1.82, 2.24) is 14.7 Å². The number of carbonyl (C=O) groups excluding carboxylic acids is 2. The number of rotatable bonds is 5. The molecule has 2 aliphatic heterocycles. The van der Waals surface area contributed by atoms with Gasteiger partial charge in [-0.15, -0.1) is 11.3 Å². The molecule has 0 radical (unpaired) electrons. The lowest BCUT2D eigenvalue weighted by atomic mass is 9.93. The van der Waals surface area contributed by atoms with E-state index >= 15 is 0 Å². The third-order valence-electron chi connectivity index (χ3n) is 7.08. The predicted octanol–water partition coefficient (Wildman–Crippen LogP) is 4.08. The summed E-state index contributed by atoms with van der Waals surface area (Å²) in [6.07, 6.45) is 0.975.